The molecule has 0 radical (unpaired) electrons. The topological polar surface area (TPSA) is 32.3 Å². The number of nitrogens with zero attached hydrogens (tertiary/aromatic N) is 1. The van der Waals surface area contributed by atoms with E-state index in [-0.39, 0.29) is 12.4 Å². The molecule has 2 atom stereocenters. The van der Waals surface area contributed by atoms with Crippen molar-refractivity contribution in [1.29, 1.82) is 0 Å². The van der Waals surface area contributed by atoms with E-state index in [1.54, 1.807) is 0 Å². The van der Waals surface area contributed by atoms with Gasteiger partial charge in [0.1, 0.15) is 0 Å². The molecule has 0 spiro atoms. The number of likely N-dealkylation sites (tertiary alicyclic amines) is 1. The number of nitrogens with one attached hydrogen (secondary N) is 1. The van der Waals surface area contributed by atoms with E-state index in [0.29, 0.717) is 24.4 Å². The maximum Gasteiger partial charge on any atom is 0.222 e. The van der Waals surface area contributed by atoms with Crippen molar-refractivity contribution in [2.24, 2.45) is 0 Å². The average molecular weight is 309 g/mol. The monoisotopic (exact) mass is 308 g/mol. The number of carbonyl (C=O) groups excluding carboxylic acids is 1. The zero-order chi connectivity index (χ0) is 13.8. The van der Waals surface area contributed by atoms with Crippen molar-refractivity contribution in [3.05, 3.63) is 35.9 Å². The number of hydrogen-bond donors (Lipinski definition) is 1. The minimum Gasteiger partial charge on any atom is -0.341 e. The smallest absolute Gasteiger partial charge is 0.222 e. The number of hydrogen-bond acceptors (Lipinski definition) is 2. The van der Waals surface area contributed by atoms with Crippen LogP contribution in [-0.4, -0.2) is 36.0 Å². The van der Waals surface area contributed by atoms with Crippen LogP contribution in [-0.2, 0) is 11.2 Å². The van der Waals surface area contributed by atoms with Crippen LogP contribution in [0.2, 0.25) is 0 Å². The normalized spacial score (nSPS) is 24.3. The van der Waals surface area contributed by atoms with E-state index < -0.39 is 0 Å². The molecule has 2 saturated heterocycles. The number of halogens is 1. The summed E-state index contributed by atoms with van der Waals surface area (Å²) in [7, 11) is 0. The van der Waals surface area contributed by atoms with Gasteiger partial charge in [0.2, 0.25) is 5.91 Å². The lowest BCUT2D eigenvalue weighted by Gasteiger charge is -2.24. The van der Waals surface area contributed by atoms with E-state index >= 15 is 0 Å². The van der Waals surface area contributed by atoms with Crippen molar-refractivity contribution in [2.45, 2.75) is 50.6 Å². The zero-order valence-electron chi connectivity index (χ0n) is 12.5. The molecule has 2 aliphatic rings. The van der Waals surface area contributed by atoms with Gasteiger partial charge in [0.25, 0.3) is 0 Å². The van der Waals surface area contributed by atoms with Crippen LogP contribution >= 0.6 is 12.4 Å². The Bertz CT molecular complexity index is 451. The van der Waals surface area contributed by atoms with Gasteiger partial charge in [-0.1, -0.05) is 30.3 Å². The summed E-state index contributed by atoms with van der Waals surface area (Å²) in [6, 6.07) is 11.6. The first-order chi connectivity index (χ1) is 9.81. The van der Waals surface area contributed by atoms with Crippen LogP contribution in [0.5, 0.6) is 0 Å². The summed E-state index contributed by atoms with van der Waals surface area (Å²) in [5.41, 5.74) is 1.33. The molecule has 3 rings (SSSR count). The molecule has 1 amide bonds. The van der Waals surface area contributed by atoms with Crippen molar-refractivity contribution < 1.29 is 4.79 Å². The molecule has 0 aromatic heterocycles. The highest BCUT2D eigenvalue weighted by atomic mass is 35.5. The second-order valence-electron chi connectivity index (χ2n) is 6.11. The van der Waals surface area contributed by atoms with Crippen molar-refractivity contribution in [2.75, 3.05) is 13.1 Å². The standard InChI is InChI=1S/C17H24N2O.ClH/c20-17(8-4-7-14-5-2-1-3-6-14)19-12-11-15-9-10-16(13-19)18-15;/h1-3,5-6,15-16,18H,4,7-13H2;1H. The van der Waals surface area contributed by atoms with E-state index in [1.165, 1.54) is 18.4 Å². The van der Waals surface area contributed by atoms with Crippen LogP contribution in [0.4, 0.5) is 0 Å². The lowest BCUT2D eigenvalue weighted by molar-refractivity contribution is -0.131. The van der Waals surface area contributed by atoms with E-state index in [1.807, 2.05) is 6.07 Å². The van der Waals surface area contributed by atoms with Crippen LogP contribution < -0.4 is 5.32 Å². The molecule has 1 aromatic carbocycles. The molecular formula is C17H25ClN2O. The molecule has 1 N–H and O–H groups in total. The number of aryl methyl sites for hydroxylation is 1. The Kier molecular flexibility index (Phi) is 6.07. The van der Waals surface area contributed by atoms with Crippen LogP contribution in [0.1, 0.15) is 37.7 Å². The summed E-state index contributed by atoms with van der Waals surface area (Å²) in [6.07, 6.45) is 6.30. The quantitative estimate of drug-likeness (QED) is 0.927. The summed E-state index contributed by atoms with van der Waals surface area (Å²) in [5, 5.41) is 3.63. The predicted molar refractivity (Wildman–Crippen MR) is 87.8 cm³/mol. The highest BCUT2D eigenvalue weighted by molar-refractivity contribution is 5.85. The van der Waals surface area contributed by atoms with Crippen molar-refractivity contribution in [3.63, 3.8) is 0 Å². The van der Waals surface area contributed by atoms with Gasteiger partial charge in [-0.05, 0) is 37.7 Å². The van der Waals surface area contributed by atoms with Gasteiger partial charge >= 0.3 is 0 Å². The average Bonchev–Trinajstić information content (AvgIpc) is 2.79. The first-order valence-corrected chi connectivity index (χ1v) is 7.89. The van der Waals surface area contributed by atoms with E-state index in [4.69, 9.17) is 0 Å². The number of carbonyl (C=O) groups is 1. The summed E-state index contributed by atoms with van der Waals surface area (Å²) >= 11 is 0. The maximum absolute atomic E-state index is 12.3. The molecule has 2 unspecified atom stereocenters. The Morgan fingerprint density at radius 2 is 1.90 bits per heavy atom. The summed E-state index contributed by atoms with van der Waals surface area (Å²) in [5.74, 6) is 0.343. The molecule has 2 fully saturated rings. The summed E-state index contributed by atoms with van der Waals surface area (Å²) in [4.78, 5) is 14.4. The van der Waals surface area contributed by atoms with Crippen molar-refractivity contribution in [3.8, 4) is 0 Å². The Labute approximate surface area is 133 Å². The molecule has 0 aliphatic carbocycles. The molecule has 4 heteroatoms. The maximum atomic E-state index is 12.3. The van der Waals surface area contributed by atoms with Gasteiger partial charge in [-0.2, -0.15) is 0 Å². The molecule has 3 nitrogen and oxygen atoms in total. The van der Waals surface area contributed by atoms with Crippen LogP contribution in [0, 0.1) is 0 Å². The van der Waals surface area contributed by atoms with E-state index in [9.17, 15) is 4.79 Å². The molecule has 0 saturated carbocycles. The molecule has 21 heavy (non-hydrogen) atoms. The van der Waals surface area contributed by atoms with Gasteiger partial charge in [-0.15, -0.1) is 12.4 Å². The molecular weight excluding hydrogens is 284 g/mol. The lowest BCUT2D eigenvalue weighted by atomic mass is 10.1. The molecule has 2 bridgehead atoms. The third kappa shape index (κ3) is 4.45. The van der Waals surface area contributed by atoms with Gasteiger partial charge in [-0.3, -0.25) is 4.79 Å². The van der Waals surface area contributed by atoms with Crippen LogP contribution in [0.25, 0.3) is 0 Å². The van der Waals surface area contributed by atoms with Gasteiger partial charge in [0, 0.05) is 31.6 Å². The summed E-state index contributed by atoms with van der Waals surface area (Å²) in [6.45, 7) is 1.86. The Morgan fingerprint density at radius 1 is 1.14 bits per heavy atom. The number of fused-ring (bicyclic) bond motifs is 2. The fourth-order valence-electron chi connectivity index (χ4n) is 3.42. The Balaban J connectivity index is 0.00000161. The first-order valence-electron chi connectivity index (χ1n) is 7.89. The van der Waals surface area contributed by atoms with E-state index in [0.717, 1.165) is 32.4 Å². The number of amides is 1. The SMILES string of the molecule is Cl.O=C(CCCc1ccccc1)N1CCC2CCC(C1)N2. The van der Waals surface area contributed by atoms with Crippen molar-refractivity contribution in [1.82, 2.24) is 10.2 Å². The largest absolute Gasteiger partial charge is 0.341 e. The van der Waals surface area contributed by atoms with Gasteiger partial charge in [-0.25, -0.2) is 0 Å². The Hall–Kier alpha value is -1.06. The second-order valence-corrected chi connectivity index (χ2v) is 6.11. The second kappa shape index (κ2) is 7.81. The third-order valence-corrected chi connectivity index (χ3v) is 4.57. The minimum absolute atomic E-state index is 0. The lowest BCUT2D eigenvalue weighted by Crippen LogP contribution is -2.38. The van der Waals surface area contributed by atoms with Crippen molar-refractivity contribution >= 4 is 18.3 Å². The van der Waals surface area contributed by atoms with E-state index in [2.05, 4.69) is 34.5 Å². The fourth-order valence-corrected chi connectivity index (χ4v) is 3.42. The summed E-state index contributed by atoms with van der Waals surface area (Å²) < 4.78 is 0. The highest BCUT2D eigenvalue weighted by Crippen LogP contribution is 2.21. The zero-order valence-corrected chi connectivity index (χ0v) is 13.3. The molecule has 1 aromatic rings. The third-order valence-electron chi connectivity index (χ3n) is 4.57. The molecule has 116 valence electrons. The molecule has 2 heterocycles. The fraction of sp³-hybridized carbons (Fsp3) is 0.588. The van der Waals surface area contributed by atoms with Crippen LogP contribution in [0.3, 0.4) is 0 Å². The minimum atomic E-state index is 0. The van der Waals surface area contributed by atoms with Gasteiger partial charge in [0.15, 0.2) is 0 Å². The first kappa shape index (κ1) is 16.3. The van der Waals surface area contributed by atoms with Gasteiger partial charge < -0.3 is 10.2 Å². The number of rotatable bonds is 4. The number of benzene rings is 1. The van der Waals surface area contributed by atoms with Crippen LogP contribution in [0.15, 0.2) is 30.3 Å². The van der Waals surface area contributed by atoms with Gasteiger partial charge in [0.05, 0.1) is 0 Å². The Morgan fingerprint density at radius 3 is 2.71 bits per heavy atom. The molecule has 2 aliphatic heterocycles. The highest BCUT2D eigenvalue weighted by Gasteiger charge is 2.30. The predicted octanol–water partition coefficient (Wildman–Crippen LogP) is 2.78.